The van der Waals surface area contributed by atoms with E-state index in [0.717, 1.165) is 81.5 Å². The van der Waals surface area contributed by atoms with Crippen LogP contribution in [0, 0.1) is 6.92 Å². The molecule has 0 aliphatic carbocycles. The minimum atomic E-state index is 0. The van der Waals surface area contributed by atoms with Crippen molar-refractivity contribution in [2.24, 2.45) is 12.0 Å². The number of nitrogens with zero attached hydrogens (tertiary/aromatic N) is 6. The fourth-order valence-corrected chi connectivity index (χ4v) is 3.61. The van der Waals surface area contributed by atoms with Gasteiger partial charge in [0.2, 0.25) is 0 Å². The molecule has 0 saturated carbocycles. The van der Waals surface area contributed by atoms with Crippen LogP contribution in [-0.4, -0.2) is 76.5 Å². The fraction of sp³-hybridized carbons (Fsp3) is 0.591. The molecule has 0 bridgehead atoms. The van der Waals surface area contributed by atoms with Gasteiger partial charge in [-0.25, -0.2) is 4.99 Å². The molecule has 1 aliphatic rings. The van der Waals surface area contributed by atoms with Gasteiger partial charge in [-0.15, -0.1) is 34.2 Å². The quantitative estimate of drug-likeness (QED) is 0.215. The zero-order valence-electron chi connectivity index (χ0n) is 19.3. The van der Waals surface area contributed by atoms with E-state index in [2.05, 4.69) is 37.4 Å². The second kappa shape index (κ2) is 14.0. The van der Waals surface area contributed by atoms with Crippen molar-refractivity contribution in [1.82, 2.24) is 29.9 Å². The van der Waals surface area contributed by atoms with E-state index in [4.69, 9.17) is 21.3 Å². The average molecular weight is 576 g/mol. The van der Waals surface area contributed by atoms with Crippen LogP contribution in [-0.2, 0) is 24.9 Å². The topological polar surface area (TPSA) is 70.8 Å². The predicted octanol–water partition coefficient (Wildman–Crippen LogP) is 3.08. The molecule has 10 heteroatoms. The van der Waals surface area contributed by atoms with Crippen LogP contribution < -0.4 is 5.32 Å². The number of aliphatic imine (C=N–C) groups is 1. The lowest BCUT2D eigenvalue weighted by molar-refractivity contribution is 0.145. The van der Waals surface area contributed by atoms with E-state index < -0.39 is 0 Å². The smallest absolute Gasteiger partial charge is 0.194 e. The van der Waals surface area contributed by atoms with Crippen LogP contribution in [0.15, 0.2) is 29.3 Å². The van der Waals surface area contributed by atoms with Crippen molar-refractivity contribution in [3.63, 3.8) is 0 Å². The molecule has 1 aliphatic heterocycles. The summed E-state index contributed by atoms with van der Waals surface area (Å²) >= 11 is 6.00. The third-order valence-electron chi connectivity index (χ3n) is 5.50. The standard InChI is InChI=1S/C22H34ClN7O.HI/c1-4-31-15-5-10-24-22(25-16-21-27-26-18(2)28(21)3)30-13-11-29(12-14-30)17-19-6-8-20(23)9-7-19;/h6-9H,4-5,10-17H2,1-3H3,(H,24,25);1H. The van der Waals surface area contributed by atoms with Gasteiger partial charge >= 0.3 is 0 Å². The molecule has 2 aromatic rings. The Morgan fingerprint density at radius 1 is 1.16 bits per heavy atom. The van der Waals surface area contributed by atoms with Crippen LogP contribution in [0.4, 0.5) is 0 Å². The Bertz CT molecular complexity index is 835. The summed E-state index contributed by atoms with van der Waals surface area (Å²) in [5.41, 5.74) is 1.29. The average Bonchev–Trinajstić information content (AvgIpc) is 3.10. The van der Waals surface area contributed by atoms with Crippen molar-refractivity contribution in [3.05, 3.63) is 46.5 Å². The molecule has 1 aromatic carbocycles. The lowest BCUT2D eigenvalue weighted by Crippen LogP contribution is -2.52. The number of guanidine groups is 1. The third kappa shape index (κ3) is 8.17. The van der Waals surface area contributed by atoms with Crippen LogP contribution in [0.5, 0.6) is 0 Å². The number of hydrogen-bond donors (Lipinski definition) is 1. The molecule has 32 heavy (non-hydrogen) atoms. The number of ether oxygens (including phenoxy) is 1. The van der Waals surface area contributed by atoms with Crippen molar-refractivity contribution in [3.8, 4) is 0 Å². The highest BCUT2D eigenvalue weighted by Crippen LogP contribution is 2.13. The Labute approximate surface area is 213 Å². The summed E-state index contributed by atoms with van der Waals surface area (Å²) in [4.78, 5) is 9.67. The second-order valence-corrected chi connectivity index (χ2v) is 8.17. The van der Waals surface area contributed by atoms with E-state index in [1.54, 1.807) is 0 Å². The highest BCUT2D eigenvalue weighted by atomic mass is 127. The van der Waals surface area contributed by atoms with Gasteiger partial charge in [0, 0.05) is 64.6 Å². The van der Waals surface area contributed by atoms with Gasteiger partial charge in [-0.1, -0.05) is 23.7 Å². The molecule has 0 spiro atoms. The molecule has 178 valence electrons. The van der Waals surface area contributed by atoms with Crippen molar-refractivity contribution in [2.45, 2.75) is 33.4 Å². The number of rotatable bonds is 9. The van der Waals surface area contributed by atoms with Gasteiger partial charge in [0.1, 0.15) is 12.4 Å². The van der Waals surface area contributed by atoms with E-state index in [-0.39, 0.29) is 24.0 Å². The van der Waals surface area contributed by atoms with Gasteiger partial charge in [0.05, 0.1) is 0 Å². The van der Waals surface area contributed by atoms with Gasteiger partial charge in [0.15, 0.2) is 11.8 Å². The van der Waals surface area contributed by atoms with Gasteiger partial charge in [-0.05, 0) is 38.0 Å². The first kappa shape index (κ1) is 26.8. The molecule has 2 heterocycles. The molecule has 0 atom stereocenters. The van der Waals surface area contributed by atoms with Gasteiger partial charge in [0.25, 0.3) is 0 Å². The number of hydrogen-bond acceptors (Lipinski definition) is 5. The van der Waals surface area contributed by atoms with Crippen LogP contribution >= 0.6 is 35.6 Å². The highest BCUT2D eigenvalue weighted by Gasteiger charge is 2.20. The molecule has 1 aromatic heterocycles. The minimum absolute atomic E-state index is 0. The summed E-state index contributed by atoms with van der Waals surface area (Å²) in [6, 6.07) is 8.12. The molecular formula is C22H35ClIN7O. The molecule has 0 unspecified atom stereocenters. The molecular weight excluding hydrogens is 541 g/mol. The first-order valence-corrected chi connectivity index (χ1v) is 11.4. The maximum atomic E-state index is 6.00. The van der Waals surface area contributed by atoms with E-state index in [9.17, 15) is 0 Å². The second-order valence-electron chi connectivity index (χ2n) is 7.73. The number of halogens is 2. The summed E-state index contributed by atoms with van der Waals surface area (Å²) in [6.45, 7) is 11.6. The van der Waals surface area contributed by atoms with Crippen molar-refractivity contribution < 1.29 is 4.74 Å². The van der Waals surface area contributed by atoms with Gasteiger partial charge in [-0.2, -0.15) is 0 Å². The predicted molar refractivity (Wildman–Crippen MR) is 140 cm³/mol. The normalized spacial score (nSPS) is 15.0. The summed E-state index contributed by atoms with van der Waals surface area (Å²) < 4.78 is 7.44. The lowest BCUT2D eigenvalue weighted by Gasteiger charge is -2.36. The number of benzene rings is 1. The fourth-order valence-electron chi connectivity index (χ4n) is 3.49. The first-order valence-electron chi connectivity index (χ1n) is 11.0. The lowest BCUT2D eigenvalue weighted by atomic mass is 10.2. The molecule has 0 amide bonds. The summed E-state index contributed by atoms with van der Waals surface area (Å²) in [6.07, 6.45) is 0.951. The zero-order chi connectivity index (χ0) is 22.1. The summed E-state index contributed by atoms with van der Waals surface area (Å²) in [5, 5.41) is 12.7. The largest absolute Gasteiger partial charge is 0.382 e. The molecule has 1 fully saturated rings. The maximum Gasteiger partial charge on any atom is 0.194 e. The third-order valence-corrected chi connectivity index (χ3v) is 5.75. The van der Waals surface area contributed by atoms with E-state index in [1.807, 2.05) is 37.6 Å². The van der Waals surface area contributed by atoms with E-state index >= 15 is 0 Å². The Hall–Kier alpha value is -1.43. The number of aromatic nitrogens is 3. The molecule has 1 N–H and O–H groups in total. The Balaban J connectivity index is 0.00000363. The molecule has 8 nitrogen and oxygen atoms in total. The number of aryl methyl sites for hydroxylation is 1. The summed E-state index contributed by atoms with van der Waals surface area (Å²) in [7, 11) is 1.98. The van der Waals surface area contributed by atoms with Gasteiger partial charge < -0.3 is 19.5 Å². The SMILES string of the molecule is CCOCCCNC(=NCc1nnc(C)n1C)N1CCN(Cc2ccc(Cl)cc2)CC1.I. The first-order chi connectivity index (χ1) is 15.1. The highest BCUT2D eigenvalue weighted by molar-refractivity contribution is 14.0. The van der Waals surface area contributed by atoms with Gasteiger partial charge in [-0.3, -0.25) is 4.90 Å². The Morgan fingerprint density at radius 3 is 2.50 bits per heavy atom. The minimum Gasteiger partial charge on any atom is -0.382 e. The molecule has 3 rings (SSSR count). The van der Waals surface area contributed by atoms with Crippen LogP contribution in [0.25, 0.3) is 0 Å². The Morgan fingerprint density at radius 2 is 1.88 bits per heavy atom. The van der Waals surface area contributed by atoms with Crippen molar-refractivity contribution in [1.29, 1.82) is 0 Å². The van der Waals surface area contributed by atoms with Crippen LogP contribution in [0.1, 0.15) is 30.6 Å². The molecule has 1 saturated heterocycles. The van der Waals surface area contributed by atoms with Crippen LogP contribution in [0.3, 0.4) is 0 Å². The molecule has 0 radical (unpaired) electrons. The number of nitrogens with one attached hydrogen (secondary N) is 1. The number of piperazine rings is 1. The maximum absolute atomic E-state index is 6.00. The van der Waals surface area contributed by atoms with Crippen molar-refractivity contribution in [2.75, 3.05) is 45.9 Å². The Kier molecular flexibility index (Phi) is 11.7. The van der Waals surface area contributed by atoms with E-state index in [1.165, 1.54) is 5.56 Å². The van der Waals surface area contributed by atoms with Crippen LogP contribution in [0.2, 0.25) is 5.02 Å². The zero-order valence-corrected chi connectivity index (χ0v) is 22.3. The van der Waals surface area contributed by atoms with Crippen molar-refractivity contribution >= 4 is 41.5 Å². The monoisotopic (exact) mass is 575 g/mol. The summed E-state index contributed by atoms with van der Waals surface area (Å²) in [5.74, 6) is 2.70. The van der Waals surface area contributed by atoms with E-state index in [0.29, 0.717) is 6.54 Å².